The zero-order chi connectivity index (χ0) is 15.6. The molecule has 0 bridgehead atoms. The van der Waals surface area contributed by atoms with Gasteiger partial charge in [0.15, 0.2) is 11.6 Å². The summed E-state index contributed by atoms with van der Waals surface area (Å²) in [7, 11) is -4.44. The van der Waals surface area contributed by atoms with Crippen molar-refractivity contribution in [1.29, 1.82) is 0 Å². The standard InChI is InChI=1S/C10H10F5NO3S/c11-8-6(19-5-1-4-10(13,14)15)2-3-7(9(8)12)20(16,17)18/h2-3H,1,4-5H2,(H2,16,17,18). The van der Waals surface area contributed by atoms with Crippen LogP contribution in [0.1, 0.15) is 12.8 Å². The van der Waals surface area contributed by atoms with Crippen molar-refractivity contribution < 1.29 is 35.1 Å². The fraction of sp³-hybridized carbons (Fsp3) is 0.400. The first-order chi connectivity index (χ1) is 9.02. The first kappa shape index (κ1) is 16.6. The Hall–Kier alpha value is -1.42. The summed E-state index contributed by atoms with van der Waals surface area (Å²) >= 11 is 0. The minimum atomic E-state index is -4.44. The van der Waals surface area contributed by atoms with Gasteiger partial charge >= 0.3 is 6.18 Å². The van der Waals surface area contributed by atoms with Gasteiger partial charge in [0.2, 0.25) is 15.8 Å². The van der Waals surface area contributed by atoms with Crippen LogP contribution in [-0.2, 0) is 10.0 Å². The Labute approximate surface area is 111 Å². The van der Waals surface area contributed by atoms with Crippen LogP contribution >= 0.6 is 0 Å². The van der Waals surface area contributed by atoms with E-state index in [1.54, 1.807) is 0 Å². The zero-order valence-electron chi connectivity index (χ0n) is 9.88. The molecule has 0 aliphatic heterocycles. The zero-order valence-corrected chi connectivity index (χ0v) is 10.7. The number of primary sulfonamides is 1. The van der Waals surface area contributed by atoms with Gasteiger partial charge in [0, 0.05) is 6.42 Å². The third-order valence-electron chi connectivity index (χ3n) is 2.18. The predicted molar refractivity (Wildman–Crippen MR) is 58.5 cm³/mol. The molecule has 0 aliphatic rings. The molecule has 1 aromatic carbocycles. The maximum absolute atomic E-state index is 13.4. The second kappa shape index (κ2) is 5.92. The maximum Gasteiger partial charge on any atom is 0.389 e. The molecular formula is C10H10F5NO3S. The maximum atomic E-state index is 13.4. The third-order valence-corrected chi connectivity index (χ3v) is 3.11. The Kier molecular flexibility index (Phi) is 4.92. The predicted octanol–water partition coefficient (Wildman–Crippen LogP) is 2.33. The van der Waals surface area contributed by atoms with E-state index in [2.05, 4.69) is 9.88 Å². The molecule has 0 atom stereocenters. The average molecular weight is 319 g/mol. The lowest BCUT2D eigenvalue weighted by atomic mass is 10.3. The molecule has 0 radical (unpaired) electrons. The second-order valence-corrected chi connectivity index (χ2v) is 5.33. The molecule has 2 N–H and O–H groups in total. The fourth-order valence-corrected chi connectivity index (χ4v) is 1.90. The number of sulfonamides is 1. The SMILES string of the molecule is NS(=O)(=O)c1ccc(OCCCC(F)(F)F)c(F)c1F. The van der Waals surface area contributed by atoms with Crippen molar-refractivity contribution in [3.63, 3.8) is 0 Å². The molecule has 1 rings (SSSR count). The fourth-order valence-electron chi connectivity index (χ4n) is 1.30. The molecule has 0 fully saturated rings. The van der Waals surface area contributed by atoms with Crippen molar-refractivity contribution in [3.8, 4) is 5.75 Å². The number of rotatable bonds is 5. The van der Waals surface area contributed by atoms with Crippen LogP contribution in [0.2, 0.25) is 0 Å². The van der Waals surface area contributed by atoms with Gasteiger partial charge in [-0.05, 0) is 18.6 Å². The molecule has 0 saturated heterocycles. The van der Waals surface area contributed by atoms with Crippen molar-refractivity contribution in [2.75, 3.05) is 6.61 Å². The van der Waals surface area contributed by atoms with E-state index in [1.807, 2.05) is 0 Å². The van der Waals surface area contributed by atoms with Crippen molar-refractivity contribution in [2.24, 2.45) is 5.14 Å². The molecule has 10 heteroatoms. The van der Waals surface area contributed by atoms with E-state index >= 15 is 0 Å². The Morgan fingerprint density at radius 2 is 1.75 bits per heavy atom. The first-order valence-electron chi connectivity index (χ1n) is 5.23. The molecule has 0 saturated carbocycles. The number of benzene rings is 1. The van der Waals surface area contributed by atoms with Crippen LogP contribution in [0.4, 0.5) is 22.0 Å². The monoisotopic (exact) mass is 319 g/mol. The van der Waals surface area contributed by atoms with Gasteiger partial charge in [0.05, 0.1) is 6.61 Å². The van der Waals surface area contributed by atoms with Gasteiger partial charge < -0.3 is 4.74 Å². The van der Waals surface area contributed by atoms with Crippen LogP contribution in [0.15, 0.2) is 17.0 Å². The minimum Gasteiger partial charge on any atom is -0.490 e. The van der Waals surface area contributed by atoms with Crippen LogP contribution in [0.3, 0.4) is 0 Å². The summed E-state index contributed by atoms with van der Waals surface area (Å²) in [4.78, 5) is -1.06. The summed E-state index contributed by atoms with van der Waals surface area (Å²) in [5.41, 5.74) is 0. The van der Waals surface area contributed by atoms with Gasteiger partial charge in [-0.25, -0.2) is 17.9 Å². The van der Waals surface area contributed by atoms with Crippen LogP contribution in [0.25, 0.3) is 0 Å². The number of halogens is 5. The van der Waals surface area contributed by atoms with Crippen LogP contribution in [-0.4, -0.2) is 21.2 Å². The Balaban J connectivity index is 2.77. The van der Waals surface area contributed by atoms with E-state index in [-0.39, 0.29) is 0 Å². The summed E-state index contributed by atoms with van der Waals surface area (Å²) < 4.78 is 88.7. The van der Waals surface area contributed by atoms with Gasteiger partial charge in [-0.3, -0.25) is 0 Å². The molecular weight excluding hydrogens is 309 g/mol. The lowest BCUT2D eigenvalue weighted by molar-refractivity contribution is -0.136. The van der Waals surface area contributed by atoms with E-state index in [4.69, 9.17) is 0 Å². The molecule has 0 aromatic heterocycles. The largest absolute Gasteiger partial charge is 0.490 e. The molecule has 20 heavy (non-hydrogen) atoms. The third kappa shape index (κ3) is 4.60. The lowest BCUT2D eigenvalue weighted by Gasteiger charge is -2.10. The van der Waals surface area contributed by atoms with Crippen molar-refractivity contribution >= 4 is 10.0 Å². The molecule has 4 nitrogen and oxygen atoms in total. The minimum absolute atomic E-state index is 0.443. The topological polar surface area (TPSA) is 69.4 Å². The van der Waals surface area contributed by atoms with E-state index in [0.29, 0.717) is 6.07 Å². The van der Waals surface area contributed by atoms with E-state index in [9.17, 15) is 30.4 Å². The highest BCUT2D eigenvalue weighted by molar-refractivity contribution is 7.89. The van der Waals surface area contributed by atoms with Gasteiger partial charge in [0.25, 0.3) is 0 Å². The van der Waals surface area contributed by atoms with E-state index in [1.165, 1.54) is 0 Å². The highest BCUT2D eigenvalue weighted by Gasteiger charge is 2.26. The lowest BCUT2D eigenvalue weighted by Crippen LogP contribution is -2.15. The Morgan fingerprint density at radius 3 is 2.25 bits per heavy atom. The van der Waals surface area contributed by atoms with Crippen LogP contribution in [0, 0.1) is 11.6 Å². The van der Waals surface area contributed by atoms with Crippen molar-refractivity contribution in [1.82, 2.24) is 0 Å². The van der Waals surface area contributed by atoms with Gasteiger partial charge in [0.1, 0.15) is 4.90 Å². The number of nitrogens with two attached hydrogens (primary N) is 1. The highest BCUT2D eigenvalue weighted by atomic mass is 32.2. The van der Waals surface area contributed by atoms with Crippen LogP contribution < -0.4 is 9.88 Å². The van der Waals surface area contributed by atoms with Crippen molar-refractivity contribution in [3.05, 3.63) is 23.8 Å². The van der Waals surface area contributed by atoms with E-state index < -0.39 is 57.9 Å². The first-order valence-corrected chi connectivity index (χ1v) is 6.77. The smallest absolute Gasteiger partial charge is 0.389 e. The van der Waals surface area contributed by atoms with Crippen LogP contribution in [0.5, 0.6) is 5.75 Å². The molecule has 0 aliphatic carbocycles. The molecule has 0 spiro atoms. The normalized spacial score (nSPS) is 12.5. The summed E-state index contributed by atoms with van der Waals surface area (Å²) in [6.45, 7) is -0.495. The molecule has 0 amide bonds. The number of alkyl halides is 3. The molecule has 114 valence electrons. The van der Waals surface area contributed by atoms with Gasteiger partial charge in [-0.2, -0.15) is 17.6 Å². The summed E-state index contributed by atoms with van der Waals surface area (Å²) in [6, 6.07) is 1.46. The summed E-state index contributed by atoms with van der Waals surface area (Å²) in [5, 5.41) is 4.65. The molecule has 0 heterocycles. The summed E-state index contributed by atoms with van der Waals surface area (Å²) in [6.07, 6.45) is -5.95. The Bertz CT molecular complexity index is 585. The van der Waals surface area contributed by atoms with E-state index in [0.717, 1.165) is 6.07 Å². The average Bonchev–Trinajstić information content (AvgIpc) is 2.26. The number of ether oxygens (including phenoxy) is 1. The molecule has 0 unspecified atom stereocenters. The van der Waals surface area contributed by atoms with Gasteiger partial charge in [-0.1, -0.05) is 0 Å². The molecule has 1 aromatic rings. The number of hydrogen-bond donors (Lipinski definition) is 1. The quantitative estimate of drug-likeness (QED) is 0.669. The highest BCUT2D eigenvalue weighted by Crippen LogP contribution is 2.26. The summed E-state index contributed by atoms with van der Waals surface area (Å²) in [5.74, 6) is -4.04. The van der Waals surface area contributed by atoms with Crippen molar-refractivity contribution in [2.45, 2.75) is 23.9 Å². The Morgan fingerprint density at radius 1 is 1.15 bits per heavy atom. The van der Waals surface area contributed by atoms with Gasteiger partial charge in [-0.15, -0.1) is 0 Å². The second-order valence-electron chi connectivity index (χ2n) is 3.80. The number of hydrogen-bond acceptors (Lipinski definition) is 3.